The number of rotatable bonds is 3. The number of hydrogen-bond donors (Lipinski definition) is 1. The molecule has 0 saturated carbocycles. The van der Waals surface area contributed by atoms with E-state index in [0.717, 1.165) is 6.29 Å². The van der Waals surface area contributed by atoms with Gasteiger partial charge in [0.1, 0.15) is 6.29 Å². The molecule has 0 heterocycles. The molecule has 4 heteroatoms. The van der Waals surface area contributed by atoms with Crippen molar-refractivity contribution >= 4 is 27.6 Å². The van der Waals surface area contributed by atoms with E-state index in [2.05, 4.69) is 10.6 Å². The molecule has 1 atom stereocenters. The van der Waals surface area contributed by atoms with Gasteiger partial charge in [-0.2, -0.15) is 0 Å². The molecular weight excluding hydrogens is 186 g/mol. The van der Waals surface area contributed by atoms with E-state index in [1.165, 1.54) is 6.26 Å². The third-order valence-electron chi connectivity index (χ3n) is 1.38. The van der Waals surface area contributed by atoms with Crippen molar-refractivity contribution in [3.05, 3.63) is 29.8 Å². The van der Waals surface area contributed by atoms with E-state index in [9.17, 15) is 9.00 Å². The molecule has 0 fully saturated rings. The summed E-state index contributed by atoms with van der Waals surface area (Å²) >= 11 is 0. The normalized spacial score (nSPS) is 14.5. The largest absolute Gasteiger partial charge is 0.313 e. The molecule has 70 valence electrons. The first-order chi connectivity index (χ1) is 6.01. The Balaban J connectivity index is 2.87. The van der Waals surface area contributed by atoms with Gasteiger partial charge in [-0.05, 0) is 30.1 Å². The highest BCUT2D eigenvalue weighted by molar-refractivity contribution is 8.00. The maximum absolute atomic E-state index is 11.2. The molecule has 0 aromatic heterocycles. The first kappa shape index (κ1) is 9.80. The monoisotopic (exact) mass is 197 g/mol. The maximum Gasteiger partial charge on any atom is 0.150 e. The van der Waals surface area contributed by atoms with Crippen molar-refractivity contribution in [2.75, 3.05) is 11.0 Å². The summed E-state index contributed by atoms with van der Waals surface area (Å²) in [7, 11) is -2.24. The minimum atomic E-state index is -2.24. The molecule has 0 radical (unpaired) electrons. The quantitative estimate of drug-likeness (QED) is 0.584. The fourth-order valence-corrected chi connectivity index (χ4v) is 1.51. The Morgan fingerprint density at radius 3 is 2.31 bits per heavy atom. The number of benzene rings is 1. The maximum atomic E-state index is 11.2. The summed E-state index contributed by atoms with van der Waals surface area (Å²) in [6.45, 7) is 0. The molecule has 1 N–H and O–H groups in total. The molecule has 1 rings (SSSR count). The molecule has 0 aliphatic carbocycles. The van der Waals surface area contributed by atoms with Gasteiger partial charge in [0, 0.05) is 27.2 Å². The summed E-state index contributed by atoms with van der Waals surface area (Å²) in [5.74, 6) is 3.46. The van der Waals surface area contributed by atoms with Gasteiger partial charge in [0.05, 0.1) is 0 Å². The molecule has 0 amide bonds. The van der Waals surface area contributed by atoms with Crippen LogP contribution in [0.25, 0.3) is 0 Å². The Labute approximate surface area is 77.9 Å². The smallest absolute Gasteiger partial charge is 0.150 e. The van der Waals surface area contributed by atoms with Crippen LogP contribution in [0.3, 0.4) is 0 Å². The predicted molar refractivity (Wildman–Crippen MR) is 56.6 cm³/mol. The lowest BCUT2D eigenvalue weighted by Gasteiger charge is -2.06. The van der Waals surface area contributed by atoms with Crippen LogP contribution in [0.1, 0.15) is 10.4 Å². The van der Waals surface area contributed by atoms with Crippen LogP contribution in [0.4, 0.5) is 5.69 Å². The van der Waals surface area contributed by atoms with Crippen LogP contribution in [0.15, 0.2) is 24.3 Å². The highest BCUT2D eigenvalue weighted by Crippen LogP contribution is 2.09. The topological polar surface area (TPSA) is 46.2 Å². The van der Waals surface area contributed by atoms with Gasteiger partial charge in [-0.25, -0.2) is 4.21 Å². The van der Waals surface area contributed by atoms with Gasteiger partial charge in [0.2, 0.25) is 0 Å². The Kier molecular flexibility index (Phi) is 2.72. The van der Waals surface area contributed by atoms with Gasteiger partial charge in [-0.15, -0.1) is 0 Å². The highest BCUT2D eigenvalue weighted by Gasteiger charge is 1.95. The zero-order valence-electron chi connectivity index (χ0n) is 7.32. The van der Waals surface area contributed by atoms with Crippen molar-refractivity contribution < 1.29 is 9.00 Å². The molecule has 0 aliphatic heterocycles. The van der Waals surface area contributed by atoms with E-state index in [-0.39, 0.29) is 0 Å². The van der Waals surface area contributed by atoms with Crippen LogP contribution in [0, 0.1) is 0 Å². The fraction of sp³-hybridized carbons (Fsp3) is 0.111. The third-order valence-corrected chi connectivity index (χ3v) is 2.05. The second-order valence-electron chi connectivity index (χ2n) is 2.85. The molecule has 1 aromatic carbocycles. The van der Waals surface area contributed by atoms with E-state index in [1.54, 1.807) is 24.3 Å². The second-order valence-corrected chi connectivity index (χ2v) is 5.06. The predicted octanol–water partition coefficient (Wildman–Crippen LogP) is 1.17. The summed E-state index contributed by atoms with van der Waals surface area (Å²) < 4.78 is 14.0. The molecule has 0 spiro atoms. The minimum Gasteiger partial charge on any atom is -0.313 e. The average Bonchev–Trinajstić information content (AvgIpc) is 2.03. The van der Waals surface area contributed by atoms with Gasteiger partial charge in [-0.3, -0.25) is 4.79 Å². The highest BCUT2D eigenvalue weighted by atomic mass is 32.2. The third kappa shape index (κ3) is 3.29. The SMILES string of the molecule is C=S(C)(=O)Nc1ccc(C=O)cc1. The molecule has 0 bridgehead atoms. The molecular formula is C9H11NO2S. The van der Waals surface area contributed by atoms with Gasteiger partial charge in [-0.1, -0.05) is 0 Å². The van der Waals surface area contributed by atoms with Crippen molar-refractivity contribution in [2.24, 2.45) is 0 Å². The van der Waals surface area contributed by atoms with E-state index in [0.29, 0.717) is 11.3 Å². The average molecular weight is 197 g/mol. The second kappa shape index (κ2) is 3.62. The standard InChI is InChI=1S/C9H11NO2S/c1-13(2,12)10-9-5-3-8(7-11)4-6-9/h3-7H,1H2,2H3,(H,10,12). The summed E-state index contributed by atoms with van der Waals surface area (Å²) in [4.78, 5) is 10.3. The summed E-state index contributed by atoms with van der Waals surface area (Å²) in [5.41, 5.74) is 1.30. The van der Waals surface area contributed by atoms with E-state index in [1.807, 2.05) is 0 Å². The van der Waals surface area contributed by atoms with Gasteiger partial charge < -0.3 is 4.72 Å². The van der Waals surface area contributed by atoms with Crippen LogP contribution in [0.5, 0.6) is 0 Å². The van der Waals surface area contributed by atoms with Crippen LogP contribution < -0.4 is 4.72 Å². The number of hydrogen-bond acceptors (Lipinski definition) is 2. The van der Waals surface area contributed by atoms with Crippen molar-refractivity contribution in [3.8, 4) is 0 Å². The Morgan fingerprint density at radius 1 is 1.38 bits per heavy atom. The van der Waals surface area contributed by atoms with Crippen LogP contribution in [-0.4, -0.2) is 22.6 Å². The van der Waals surface area contributed by atoms with Crippen LogP contribution in [-0.2, 0) is 9.71 Å². The van der Waals surface area contributed by atoms with Gasteiger partial charge in [0.15, 0.2) is 0 Å². The summed E-state index contributed by atoms with van der Waals surface area (Å²) in [5, 5.41) is 0. The molecule has 0 aliphatic rings. The lowest BCUT2D eigenvalue weighted by Crippen LogP contribution is -2.08. The van der Waals surface area contributed by atoms with Gasteiger partial charge in [0.25, 0.3) is 0 Å². The van der Waals surface area contributed by atoms with Crippen molar-refractivity contribution in [1.29, 1.82) is 0 Å². The zero-order chi connectivity index (χ0) is 9.90. The Bertz CT molecular complexity index is 392. The van der Waals surface area contributed by atoms with Crippen molar-refractivity contribution in [2.45, 2.75) is 0 Å². The van der Waals surface area contributed by atoms with Crippen LogP contribution in [0.2, 0.25) is 0 Å². The number of aldehydes is 1. The fourth-order valence-electron chi connectivity index (χ4n) is 0.879. The van der Waals surface area contributed by atoms with E-state index in [4.69, 9.17) is 0 Å². The Morgan fingerprint density at radius 2 is 1.92 bits per heavy atom. The molecule has 13 heavy (non-hydrogen) atoms. The Hall–Kier alpha value is -1.29. The lowest BCUT2D eigenvalue weighted by molar-refractivity contribution is 0.112. The first-order valence-electron chi connectivity index (χ1n) is 3.66. The summed E-state index contributed by atoms with van der Waals surface area (Å²) in [6.07, 6.45) is 2.28. The van der Waals surface area contributed by atoms with Crippen molar-refractivity contribution in [1.82, 2.24) is 0 Å². The molecule has 3 nitrogen and oxygen atoms in total. The molecule has 1 aromatic rings. The molecule has 1 unspecified atom stereocenters. The number of nitrogens with one attached hydrogen (secondary N) is 1. The number of carbonyl (C=O) groups excluding carboxylic acids is 1. The summed E-state index contributed by atoms with van der Waals surface area (Å²) in [6, 6.07) is 6.69. The zero-order valence-corrected chi connectivity index (χ0v) is 8.14. The lowest BCUT2D eigenvalue weighted by atomic mass is 10.2. The number of anilines is 1. The van der Waals surface area contributed by atoms with E-state index >= 15 is 0 Å². The number of carbonyl (C=O) groups is 1. The van der Waals surface area contributed by atoms with Gasteiger partial charge >= 0.3 is 0 Å². The van der Waals surface area contributed by atoms with Crippen LogP contribution >= 0.6 is 0 Å². The first-order valence-corrected chi connectivity index (χ1v) is 5.80. The van der Waals surface area contributed by atoms with Crippen molar-refractivity contribution in [3.63, 3.8) is 0 Å². The minimum absolute atomic E-state index is 0.595. The van der Waals surface area contributed by atoms with E-state index < -0.39 is 9.71 Å². The molecule has 0 saturated heterocycles.